The van der Waals surface area contributed by atoms with E-state index in [9.17, 15) is 9.59 Å². The van der Waals surface area contributed by atoms with Gasteiger partial charge in [0.2, 0.25) is 0 Å². The minimum atomic E-state index is -0.452. The lowest BCUT2D eigenvalue weighted by Gasteiger charge is -2.12. The van der Waals surface area contributed by atoms with Gasteiger partial charge in [-0.05, 0) is 48.5 Å². The van der Waals surface area contributed by atoms with Crippen molar-refractivity contribution >= 4 is 40.6 Å². The molecule has 0 aromatic heterocycles. The van der Waals surface area contributed by atoms with Gasteiger partial charge in [0.15, 0.2) is 0 Å². The number of halogens is 1. The van der Waals surface area contributed by atoms with Gasteiger partial charge in [-0.15, -0.1) is 0 Å². The van der Waals surface area contributed by atoms with Crippen LogP contribution >= 0.6 is 11.6 Å². The maximum Gasteiger partial charge on any atom is 0.323 e. The molecule has 0 aliphatic rings. The summed E-state index contributed by atoms with van der Waals surface area (Å²) in [6, 6.07) is 22.2. The van der Waals surface area contributed by atoms with Crippen LogP contribution in [-0.4, -0.2) is 11.9 Å². The highest BCUT2D eigenvalue weighted by atomic mass is 35.5. The topological polar surface area (TPSA) is 70.2 Å². The zero-order chi connectivity index (χ0) is 18.4. The minimum Gasteiger partial charge on any atom is -0.322 e. The average Bonchev–Trinajstić information content (AvgIpc) is 2.65. The second-order valence-electron chi connectivity index (χ2n) is 5.45. The van der Waals surface area contributed by atoms with E-state index in [0.717, 1.165) is 0 Å². The SMILES string of the molecule is O=C(Nc1ccc(Cl)cc1)Nc1ccccc1C(=O)Nc1ccccc1. The number of carbonyl (C=O) groups is 2. The van der Waals surface area contributed by atoms with Gasteiger partial charge < -0.3 is 16.0 Å². The maximum absolute atomic E-state index is 12.5. The fourth-order valence-corrected chi connectivity index (χ4v) is 2.45. The van der Waals surface area contributed by atoms with E-state index in [0.29, 0.717) is 27.6 Å². The van der Waals surface area contributed by atoms with E-state index in [1.165, 1.54) is 0 Å². The first-order chi connectivity index (χ1) is 12.6. The monoisotopic (exact) mass is 365 g/mol. The number of anilines is 3. The Hall–Kier alpha value is -3.31. The summed E-state index contributed by atoms with van der Waals surface area (Å²) < 4.78 is 0. The van der Waals surface area contributed by atoms with E-state index in [4.69, 9.17) is 11.6 Å². The molecule has 0 fully saturated rings. The minimum absolute atomic E-state index is 0.307. The lowest BCUT2D eigenvalue weighted by molar-refractivity contribution is 0.102. The molecule has 5 nitrogen and oxygen atoms in total. The molecule has 26 heavy (non-hydrogen) atoms. The van der Waals surface area contributed by atoms with Gasteiger partial charge in [0, 0.05) is 16.4 Å². The van der Waals surface area contributed by atoms with E-state index in [-0.39, 0.29) is 5.91 Å². The van der Waals surface area contributed by atoms with Crippen molar-refractivity contribution in [3.05, 3.63) is 89.4 Å². The van der Waals surface area contributed by atoms with Crippen LogP contribution in [0.5, 0.6) is 0 Å². The number of urea groups is 1. The Balaban J connectivity index is 1.71. The van der Waals surface area contributed by atoms with Crippen LogP contribution in [0.4, 0.5) is 21.9 Å². The first-order valence-corrected chi connectivity index (χ1v) is 8.28. The zero-order valence-electron chi connectivity index (χ0n) is 13.7. The van der Waals surface area contributed by atoms with Gasteiger partial charge >= 0.3 is 6.03 Å². The molecule has 3 amide bonds. The number of para-hydroxylation sites is 2. The Morgan fingerprint density at radius 2 is 1.27 bits per heavy atom. The van der Waals surface area contributed by atoms with Crippen molar-refractivity contribution in [2.24, 2.45) is 0 Å². The Kier molecular flexibility index (Phi) is 5.51. The molecule has 0 atom stereocenters. The molecular weight excluding hydrogens is 350 g/mol. The van der Waals surface area contributed by atoms with E-state index < -0.39 is 6.03 Å². The van der Waals surface area contributed by atoms with Gasteiger partial charge in [0.1, 0.15) is 0 Å². The van der Waals surface area contributed by atoms with Gasteiger partial charge in [-0.1, -0.05) is 41.9 Å². The molecule has 3 N–H and O–H groups in total. The van der Waals surface area contributed by atoms with E-state index >= 15 is 0 Å². The van der Waals surface area contributed by atoms with Gasteiger partial charge in [-0.3, -0.25) is 4.79 Å². The third-order valence-electron chi connectivity index (χ3n) is 3.55. The van der Waals surface area contributed by atoms with Crippen molar-refractivity contribution in [3.63, 3.8) is 0 Å². The summed E-state index contributed by atoms with van der Waals surface area (Å²) in [6.07, 6.45) is 0. The van der Waals surface area contributed by atoms with E-state index in [1.807, 2.05) is 18.2 Å². The molecule has 0 aliphatic heterocycles. The first-order valence-electron chi connectivity index (χ1n) is 7.91. The molecule has 0 unspecified atom stereocenters. The van der Waals surface area contributed by atoms with Crippen LogP contribution < -0.4 is 16.0 Å². The predicted molar refractivity (Wildman–Crippen MR) is 105 cm³/mol. The average molecular weight is 366 g/mol. The molecule has 3 aromatic rings. The highest BCUT2D eigenvalue weighted by molar-refractivity contribution is 6.30. The Morgan fingerprint density at radius 1 is 0.654 bits per heavy atom. The molecule has 0 bridgehead atoms. The number of hydrogen-bond acceptors (Lipinski definition) is 2. The predicted octanol–water partition coefficient (Wildman–Crippen LogP) is 5.24. The van der Waals surface area contributed by atoms with Gasteiger partial charge in [-0.2, -0.15) is 0 Å². The van der Waals surface area contributed by atoms with Crippen LogP contribution in [-0.2, 0) is 0 Å². The fraction of sp³-hybridized carbons (Fsp3) is 0. The van der Waals surface area contributed by atoms with E-state index in [1.54, 1.807) is 60.7 Å². The Labute approximate surface area is 156 Å². The molecule has 0 spiro atoms. The molecule has 0 radical (unpaired) electrons. The molecule has 0 aliphatic carbocycles. The standard InChI is InChI=1S/C20H16ClN3O2/c21-14-10-12-16(13-11-14)23-20(26)24-18-9-5-4-8-17(18)19(25)22-15-6-2-1-3-7-15/h1-13H,(H,22,25)(H2,23,24,26). The number of hydrogen-bond donors (Lipinski definition) is 3. The van der Waals surface area contributed by atoms with Crippen LogP contribution in [0.15, 0.2) is 78.9 Å². The highest BCUT2D eigenvalue weighted by Gasteiger charge is 2.13. The van der Waals surface area contributed by atoms with Crippen LogP contribution in [0, 0.1) is 0 Å². The summed E-state index contributed by atoms with van der Waals surface area (Å²) in [5, 5.41) is 8.77. The molecule has 0 heterocycles. The number of benzene rings is 3. The van der Waals surface area contributed by atoms with Gasteiger partial charge in [0.25, 0.3) is 5.91 Å². The molecule has 3 aromatic carbocycles. The number of carbonyl (C=O) groups excluding carboxylic acids is 2. The van der Waals surface area contributed by atoms with Crippen LogP contribution in [0.25, 0.3) is 0 Å². The van der Waals surface area contributed by atoms with Crippen LogP contribution in [0.1, 0.15) is 10.4 Å². The van der Waals surface area contributed by atoms with Crippen LogP contribution in [0.2, 0.25) is 5.02 Å². The molecule has 6 heteroatoms. The Morgan fingerprint density at radius 3 is 2.00 bits per heavy atom. The normalized spacial score (nSPS) is 10.0. The van der Waals surface area contributed by atoms with Crippen molar-refractivity contribution in [2.75, 3.05) is 16.0 Å². The molecule has 0 saturated heterocycles. The van der Waals surface area contributed by atoms with Gasteiger partial charge in [-0.25, -0.2) is 4.79 Å². The Bertz CT molecular complexity index is 912. The number of amides is 3. The summed E-state index contributed by atoms with van der Waals surface area (Å²) in [7, 11) is 0. The molecule has 3 rings (SSSR count). The second kappa shape index (κ2) is 8.18. The second-order valence-corrected chi connectivity index (χ2v) is 5.89. The summed E-state index contributed by atoms with van der Waals surface area (Å²) in [5.74, 6) is -0.307. The summed E-state index contributed by atoms with van der Waals surface area (Å²) >= 11 is 5.83. The van der Waals surface area contributed by atoms with Crippen molar-refractivity contribution in [1.82, 2.24) is 0 Å². The van der Waals surface area contributed by atoms with Gasteiger partial charge in [0.05, 0.1) is 11.3 Å². The van der Waals surface area contributed by atoms with Crippen molar-refractivity contribution in [3.8, 4) is 0 Å². The third-order valence-corrected chi connectivity index (χ3v) is 3.81. The number of nitrogens with one attached hydrogen (secondary N) is 3. The van der Waals surface area contributed by atoms with Crippen molar-refractivity contribution in [2.45, 2.75) is 0 Å². The zero-order valence-corrected chi connectivity index (χ0v) is 14.5. The largest absolute Gasteiger partial charge is 0.323 e. The highest BCUT2D eigenvalue weighted by Crippen LogP contribution is 2.18. The van der Waals surface area contributed by atoms with E-state index in [2.05, 4.69) is 16.0 Å². The summed E-state index contributed by atoms with van der Waals surface area (Å²) in [5.41, 5.74) is 2.05. The summed E-state index contributed by atoms with van der Waals surface area (Å²) in [6.45, 7) is 0. The first kappa shape index (κ1) is 17.5. The smallest absolute Gasteiger partial charge is 0.322 e. The fourth-order valence-electron chi connectivity index (χ4n) is 2.33. The summed E-state index contributed by atoms with van der Waals surface area (Å²) in [4.78, 5) is 24.7. The lowest BCUT2D eigenvalue weighted by atomic mass is 10.1. The van der Waals surface area contributed by atoms with Crippen molar-refractivity contribution < 1.29 is 9.59 Å². The van der Waals surface area contributed by atoms with Crippen LogP contribution in [0.3, 0.4) is 0 Å². The third kappa shape index (κ3) is 4.62. The number of rotatable bonds is 4. The van der Waals surface area contributed by atoms with Crippen molar-refractivity contribution in [1.29, 1.82) is 0 Å². The molecular formula is C20H16ClN3O2. The quantitative estimate of drug-likeness (QED) is 0.592. The maximum atomic E-state index is 12.5. The molecule has 0 saturated carbocycles. The lowest BCUT2D eigenvalue weighted by Crippen LogP contribution is -2.22. The molecule has 130 valence electrons.